The molecule has 0 amide bonds. The molecule has 0 atom stereocenters. The monoisotopic (exact) mass is 353 g/mol. The molecule has 0 spiro atoms. The Hall–Kier alpha value is -3.17. The van der Waals surface area contributed by atoms with Gasteiger partial charge in [-0.1, -0.05) is 91.0 Å². The molecule has 3 heteroatoms. The van der Waals surface area contributed by atoms with Crippen molar-refractivity contribution in [1.82, 2.24) is 14.9 Å². The highest BCUT2D eigenvalue weighted by molar-refractivity contribution is 5.58. The molecule has 0 saturated carbocycles. The number of aromatic nitrogens is 2. The maximum Gasteiger partial charge on any atom is 0.123 e. The van der Waals surface area contributed by atoms with E-state index in [4.69, 9.17) is 4.98 Å². The predicted octanol–water partition coefficient (Wildman–Crippen LogP) is 4.89. The molecule has 1 N–H and O–H groups in total. The molecule has 0 saturated heterocycles. The van der Waals surface area contributed by atoms with Crippen LogP contribution in [0.4, 0.5) is 0 Å². The Bertz CT molecular complexity index is 960. The number of hydrogen-bond acceptors (Lipinski definition) is 2. The van der Waals surface area contributed by atoms with Gasteiger partial charge in [-0.3, -0.25) is 0 Å². The fourth-order valence-corrected chi connectivity index (χ4v) is 3.17. The molecule has 0 unspecified atom stereocenters. The summed E-state index contributed by atoms with van der Waals surface area (Å²) in [5.74, 6) is 1.05. The highest BCUT2D eigenvalue weighted by Gasteiger charge is 2.10. The topological polar surface area (TPSA) is 29.9 Å². The Morgan fingerprint density at radius 1 is 0.667 bits per heavy atom. The second-order valence-electron chi connectivity index (χ2n) is 6.61. The van der Waals surface area contributed by atoms with Crippen molar-refractivity contribution in [2.75, 3.05) is 0 Å². The number of imidazole rings is 1. The minimum absolute atomic E-state index is 0.731. The summed E-state index contributed by atoms with van der Waals surface area (Å²) in [5.41, 5.74) is 4.72. The molecular formula is C24H23N3. The van der Waals surface area contributed by atoms with E-state index in [1.807, 2.05) is 12.1 Å². The van der Waals surface area contributed by atoms with Crippen LogP contribution >= 0.6 is 0 Å². The Kier molecular flexibility index (Phi) is 5.42. The van der Waals surface area contributed by atoms with Crippen LogP contribution in [-0.4, -0.2) is 9.55 Å². The van der Waals surface area contributed by atoms with Gasteiger partial charge in [-0.15, -0.1) is 0 Å². The number of hydrogen-bond donors (Lipinski definition) is 1. The molecular weight excluding hydrogens is 330 g/mol. The summed E-state index contributed by atoms with van der Waals surface area (Å²) in [5, 5.41) is 3.53. The van der Waals surface area contributed by atoms with Crippen molar-refractivity contribution in [1.29, 1.82) is 0 Å². The Morgan fingerprint density at radius 3 is 1.93 bits per heavy atom. The lowest BCUT2D eigenvalue weighted by Gasteiger charge is -2.09. The third kappa shape index (κ3) is 4.52. The molecule has 3 aromatic carbocycles. The van der Waals surface area contributed by atoms with E-state index < -0.39 is 0 Å². The number of benzene rings is 3. The second kappa shape index (κ2) is 8.47. The Morgan fingerprint density at radius 2 is 1.26 bits per heavy atom. The molecule has 27 heavy (non-hydrogen) atoms. The number of rotatable bonds is 7. The van der Waals surface area contributed by atoms with Gasteiger partial charge in [0.25, 0.3) is 0 Å². The van der Waals surface area contributed by atoms with E-state index in [1.165, 1.54) is 11.1 Å². The first kappa shape index (κ1) is 17.3. The summed E-state index contributed by atoms with van der Waals surface area (Å²) in [6, 6.07) is 31.3. The van der Waals surface area contributed by atoms with Crippen molar-refractivity contribution in [2.45, 2.75) is 19.6 Å². The van der Waals surface area contributed by atoms with Crippen molar-refractivity contribution < 1.29 is 0 Å². The van der Waals surface area contributed by atoms with Crippen LogP contribution in [-0.2, 0) is 19.6 Å². The maximum absolute atomic E-state index is 4.91. The fraction of sp³-hybridized carbons (Fsp3) is 0.125. The lowest BCUT2D eigenvalue weighted by atomic mass is 10.2. The van der Waals surface area contributed by atoms with Crippen LogP contribution in [0.25, 0.3) is 11.3 Å². The first-order valence-electron chi connectivity index (χ1n) is 9.28. The van der Waals surface area contributed by atoms with E-state index in [9.17, 15) is 0 Å². The molecule has 0 fully saturated rings. The molecule has 1 aromatic heterocycles. The van der Waals surface area contributed by atoms with Gasteiger partial charge in [0, 0.05) is 24.8 Å². The summed E-state index contributed by atoms with van der Waals surface area (Å²) in [6.45, 7) is 2.39. The standard InChI is InChI=1S/C24H23N3/c1-4-10-20(11-5-1)16-25-17-24-26-23(22-14-8-3-9-15-22)19-27(24)18-21-12-6-2-7-13-21/h1-15,19,25H,16-18H2. The van der Waals surface area contributed by atoms with Crippen molar-refractivity contribution in [3.63, 3.8) is 0 Å². The van der Waals surface area contributed by atoms with Crippen LogP contribution in [0.15, 0.2) is 97.2 Å². The molecule has 0 aliphatic rings. The first-order valence-corrected chi connectivity index (χ1v) is 9.28. The van der Waals surface area contributed by atoms with Crippen LogP contribution in [0.3, 0.4) is 0 Å². The molecule has 4 rings (SSSR count). The highest BCUT2D eigenvalue weighted by Crippen LogP contribution is 2.19. The zero-order chi connectivity index (χ0) is 18.3. The minimum Gasteiger partial charge on any atom is -0.329 e. The van der Waals surface area contributed by atoms with E-state index in [-0.39, 0.29) is 0 Å². The lowest BCUT2D eigenvalue weighted by Crippen LogP contribution is -2.17. The lowest BCUT2D eigenvalue weighted by molar-refractivity contribution is 0.622. The summed E-state index contributed by atoms with van der Waals surface area (Å²) in [7, 11) is 0. The molecule has 0 bridgehead atoms. The van der Waals surface area contributed by atoms with Crippen LogP contribution in [0, 0.1) is 0 Å². The van der Waals surface area contributed by atoms with Crippen molar-refractivity contribution in [3.8, 4) is 11.3 Å². The zero-order valence-electron chi connectivity index (χ0n) is 15.3. The summed E-state index contributed by atoms with van der Waals surface area (Å²) in [4.78, 5) is 4.91. The SMILES string of the molecule is c1ccc(CNCc2nc(-c3ccccc3)cn2Cc2ccccc2)cc1. The van der Waals surface area contributed by atoms with Crippen LogP contribution in [0.1, 0.15) is 17.0 Å². The van der Waals surface area contributed by atoms with E-state index in [1.54, 1.807) is 0 Å². The molecule has 4 aromatic rings. The normalized spacial score (nSPS) is 10.8. The van der Waals surface area contributed by atoms with Gasteiger partial charge in [-0.2, -0.15) is 0 Å². The average Bonchev–Trinajstić information content (AvgIpc) is 3.13. The van der Waals surface area contributed by atoms with E-state index in [0.717, 1.165) is 36.7 Å². The quantitative estimate of drug-likeness (QED) is 0.513. The number of nitrogens with zero attached hydrogens (tertiary/aromatic N) is 2. The van der Waals surface area contributed by atoms with Crippen LogP contribution in [0.5, 0.6) is 0 Å². The average molecular weight is 353 g/mol. The van der Waals surface area contributed by atoms with Gasteiger partial charge in [-0.05, 0) is 11.1 Å². The molecule has 3 nitrogen and oxygen atoms in total. The van der Waals surface area contributed by atoms with Crippen molar-refractivity contribution in [2.24, 2.45) is 0 Å². The predicted molar refractivity (Wildman–Crippen MR) is 110 cm³/mol. The van der Waals surface area contributed by atoms with E-state index >= 15 is 0 Å². The highest BCUT2D eigenvalue weighted by atomic mass is 15.1. The van der Waals surface area contributed by atoms with Gasteiger partial charge in [0.15, 0.2) is 0 Å². The second-order valence-corrected chi connectivity index (χ2v) is 6.61. The minimum atomic E-state index is 0.731. The van der Waals surface area contributed by atoms with Crippen molar-refractivity contribution >= 4 is 0 Å². The fourth-order valence-electron chi connectivity index (χ4n) is 3.17. The van der Waals surface area contributed by atoms with Gasteiger partial charge in [0.05, 0.1) is 12.2 Å². The number of nitrogens with one attached hydrogen (secondary N) is 1. The Balaban J connectivity index is 1.55. The molecule has 134 valence electrons. The van der Waals surface area contributed by atoms with E-state index in [0.29, 0.717) is 0 Å². The van der Waals surface area contributed by atoms with Gasteiger partial charge in [-0.25, -0.2) is 4.98 Å². The molecule has 0 aliphatic heterocycles. The van der Waals surface area contributed by atoms with E-state index in [2.05, 4.69) is 94.9 Å². The summed E-state index contributed by atoms with van der Waals surface area (Å²) < 4.78 is 2.25. The molecule has 0 aliphatic carbocycles. The molecule has 1 heterocycles. The summed E-state index contributed by atoms with van der Waals surface area (Å²) in [6.07, 6.45) is 2.15. The smallest absolute Gasteiger partial charge is 0.123 e. The largest absolute Gasteiger partial charge is 0.329 e. The maximum atomic E-state index is 4.91. The third-order valence-corrected chi connectivity index (χ3v) is 4.58. The molecule has 0 radical (unpaired) electrons. The Labute approximate surface area is 160 Å². The van der Waals surface area contributed by atoms with Crippen molar-refractivity contribution in [3.05, 3.63) is 114 Å². The van der Waals surface area contributed by atoms with Crippen LogP contribution < -0.4 is 5.32 Å². The van der Waals surface area contributed by atoms with Gasteiger partial charge >= 0.3 is 0 Å². The van der Waals surface area contributed by atoms with Gasteiger partial charge in [0.2, 0.25) is 0 Å². The van der Waals surface area contributed by atoms with Gasteiger partial charge in [0.1, 0.15) is 5.82 Å². The van der Waals surface area contributed by atoms with Gasteiger partial charge < -0.3 is 9.88 Å². The third-order valence-electron chi connectivity index (χ3n) is 4.58. The van der Waals surface area contributed by atoms with Crippen LogP contribution in [0.2, 0.25) is 0 Å². The first-order chi connectivity index (χ1) is 13.4. The zero-order valence-corrected chi connectivity index (χ0v) is 15.3. The summed E-state index contributed by atoms with van der Waals surface area (Å²) >= 11 is 0.